The number of nitrogens with one attached hydrogen (secondary N) is 1. The molecule has 108 valence electrons. The predicted molar refractivity (Wildman–Crippen MR) is 84.7 cm³/mol. The first-order valence-electron chi connectivity index (χ1n) is 7.74. The fraction of sp³-hybridized carbons (Fsp3) is 0.750. The van der Waals surface area contributed by atoms with Gasteiger partial charge in [0.15, 0.2) is 0 Å². The van der Waals surface area contributed by atoms with E-state index in [2.05, 4.69) is 37.1 Å². The van der Waals surface area contributed by atoms with Crippen molar-refractivity contribution in [2.75, 3.05) is 19.6 Å². The standard InChI is InChI=1S/C16H28N2S/c1-4-7-17-10-16-9-15(13(3)19-16)12-18-8-6-14(5-2)11-18/h9,14,17H,4-8,10-12H2,1-3H3. The summed E-state index contributed by atoms with van der Waals surface area (Å²) < 4.78 is 0. The second-order valence-corrected chi connectivity index (χ2v) is 7.11. The molecular formula is C16H28N2S. The van der Waals surface area contributed by atoms with Crippen molar-refractivity contribution < 1.29 is 0 Å². The predicted octanol–water partition coefficient (Wildman–Crippen LogP) is 3.79. The Morgan fingerprint density at radius 3 is 2.95 bits per heavy atom. The molecule has 3 heteroatoms. The molecule has 1 aromatic rings. The van der Waals surface area contributed by atoms with Crippen LogP contribution in [0.4, 0.5) is 0 Å². The molecule has 1 unspecified atom stereocenters. The molecule has 19 heavy (non-hydrogen) atoms. The Kier molecular flexibility index (Phi) is 5.86. The molecule has 0 spiro atoms. The molecule has 0 aliphatic carbocycles. The number of aryl methyl sites for hydroxylation is 1. The first-order chi connectivity index (χ1) is 9.22. The Hall–Kier alpha value is -0.380. The van der Waals surface area contributed by atoms with Crippen molar-refractivity contribution in [3.05, 3.63) is 21.4 Å². The average Bonchev–Trinajstić information content (AvgIpc) is 2.98. The molecule has 1 N–H and O–H groups in total. The minimum absolute atomic E-state index is 0.935. The van der Waals surface area contributed by atoms with Gasteiger partial charge in [0.1, 0.15) is 0 Å². The number of hydrogen-bond acceptors (Lipinski definition) is 3. The smallest absolute Gasteiger partial charge is 0.0299 e. The summed E-state index contributed by atoms with van der Waals surface area (Å²) >= 11 is 1.97. The summed E-state index contributed by atoms with van der Waals surface area (Å²) in [7, 11) is 0. The van der Waals surface area contributed by atoms with E-state index in [1.54, 1.807) is 5.56 Å². The van der Waals surface area contributed by atoms with Crippen LogP contribution in [0.25, 0.3) is 0 Å². The fourth-order valence-corrected chi connectivity index (χ4v) is 3.87. The molecule has 1 saturated heterocycles. The SMILES string of the molecule is CCCNCc1cc(CN2CCC(CC)C2)c(C)s1. The molecule has 0 bridgehead atoms. The Morgan fingerprint density at radius 1 is 1.42 bits per heavy atom. The highest BCUT2D eigenvalue weighted by atomic mass is 32.1. The largest absolute Gasteiger partial charge is 0.312 e. The molecule has 1 fully saturated rings. The van der Waals surface area contributed by atoms with E-state index in [9.17, 15) is 0 Å². The Balaban J connectivity index is 1.86. The average molecular weight is 280 g/mol. The highest BCUT2D eigenvalue weighted by Crippen LogP contribution is 2.26. The van der Waals surface area contributed by atoms with E-state index in [0.717, 1.165) is 25.6 Å². The molecule has 2 heterocycles. The molecule has 2 nitrogen and oxygen atoms in total. The molecular weight excluding hydrogens is 252 g/mol. The summed E-state index contributed by atoms with van der Waals surface area (Å²) in [5, 5.41) is 3.50. The van der Waals surface area contributed by atoms with E-state index >= 15 is 0 Å². The van der Waals surface area contributed by atoms with Gasteiger partial charge in [-0.1, -0.05) is 20.3 Å². The van der Waals surface area contributed by atoms with E-state index in [-0.39, 0.29) is 0 Å². The van der Waals surface area contributed by atoms with Crippen LogP contribution in [0.15, 0.2) is 6.07 Å². The lowest BCUT2D eigenvalue weighted by atomic mass is 10.1. The Labute approximate surface area is 122 Å². The van der Waals surface area contributed by atoms with Crippen LogP contribution in [0, 0.1) is 12.8 Å². The second kappa shape index (κ2) is 7.41. The van der Waals surface area contributed by atoms with Gasteiger partial charge in [-0.05, 0) is 50.4 Å². The Bertz CT molecular complexity index is 386. The zero-order chi connectivity index (χ0) is 13.7. The maximum absolute atomic E-state index is 3.50. The normalized spacial score (nSPS) is 20.3. The van der Waals surface area contributed by atoms with Crippen LogP contribution in [-0.4, -0.2) is 24.5 Å². The van der Waals surface area contributed by atoms with Gasteiger partial charge in [-0.15, -0.1) is 11.3 Å². The second-order valence-electron chi connectivity index (χ2n) is 5.77. The van der Waals surface area contributed by atoms with Gasteiger partial charge in [-0.3, -0.25) is 4.90 Å². The van der Waals surface area contributed by atoms with E-state index in [1.807, 2.05) is 11.3 Å². The number of likely N-dealkylation sites (tertiary alicyclic amines) is 1. The monoisotopic (exact) mass is 280 g/mol. The molecule has 0 aromatic carbocycles. The summed E-state index contributed by atoms with van der Waals surface area (Å²) in [6, 6.07) is 2.42. The van der Waals surface area contributed by atoms with E-state index < -0.39 is 0 Å². The molecule has 1 aliphatic heterocycles. The van der Waals surface area contributed by atoms with Gasteiger partial charge in [0.2, 0.25) is 0 Å². The van der Waals surface area contributed by atoms with E-state index in [0.29, 0.717) is 0 Å². The molecule has 1 atom stereocenters. The van der Waals surface area contributed by atoms with Crippen molar-refractivity contribution in [2.24, 2.45) is 5.92 Å². The van der Waals surface area contributed by atoms with Crippen LogP contribution in [0.2, 0.25) is 0 Å². The van der Waals surface area contributed by atoms with Gasteiger partial charge in [0.05, 0.1) is 0 Å². The lowest BCUT2D eigenvalue weighted by molar-refractivity contribution is 0.315. The van der Waals surface area contributed by atoms with E-state index in [1.165, 1.54) is 42.1 Å². The van der Waals surface area contributed by atoms with Gasteiger partial charge in [-0.25, -0.2) is 0 Å². The third-order valence-electron chi connectivity index (χ3n) is 4.14. The minimum atomic E-state index is 0.935. The summed E-state index contributed by atoms with van der Waals surface area (Å²) in [6.07, 6.45) is 3.94. The summed E-state index contributed by atoms with van der Waals surface area (Å²) in [4.78, 5) is 5.63. The molecule has 1 aromatic heterocycles. The zero-order valence-electron chi connectivity index (χ0n) is 12.7. The topological polar surface area (TPSA) is 15.3 Å². The number of nitrogens with zero attached hydrogens (tertiary/aromatic N) is 1. The van der Waals surface area contributed by atoms with Crippen LogP contribution in [0.1, 0.15) is 48.4 Å². The van der Waals surface area contributed by atoms with Crippen molar-refractivity contribution in [1.29, 1.82) is 0 Å². The van der Waals surface area contributed by atoms with Crippen molar-refractivity contribution in [3.63, 3.8) is 0 Å². The highest BCUT2D eigenvalue weighted by Gasteiger charge is 2.21. The van der Waals surface area contributed by atoms with Gasteiger partial charge in [-0.2, -0.15) is 0 Å². The minimum Gasteiger partial charge on any atom is -0.312 e. The van der Waals surface area contributed by atoms with Gasteiger partial charge < -0.3 is 5.32 Å². The fourth-order valence-electron chi connectivity index (χ4n) is 2.85. The first kappa shape index (κ1) is 15.0. The maximum atomic E-state index is 3.50. The van der Waals surface area contributed by atoms with Crippen molar-refractivity contribution >= 4 is 11.3 Å². The lowest BCUT2D eigenvalue weighted by Crippen LogP contribution is -2.20. The van der Waals surface area contributed by atoms with Gasteiger partial charge in [0, 0.05) is 29.4 Å². The third kappa shape index (κ3) is 4.30. The zero-order valence-corrected chi connectivity index (χ0v) is 13.5. The molecule has 1 aliphatic rings. The maximum Gasteiger partial charge on any atom is 0.0299 e. The van der Waals surface area contributed by atoms with Gasteiger partial charge >= 0.3 is 0 Å². The van der Waals surface area contributed by atoms with Crippen molar-refractivity contribution in [1.82, 2.24) is 10.2 Å². The lowest BCUT2D eigenvalue weighted by Gasteiger charge is -2.15. The van der Waals surface area contributed by atoms with Crippen molar-refractivity contribution in [3.8, 4) is 0 Å². The molecule has 2 rings (SSSR count). The van der Waals surface area contributed by atoms with Crippen LogP contribution in [0.5, 0.6) is 0 Å². The van der Waals surface area contributed by atoms with Gasteiger partial charge in [0.25, 0.3) is 0 Å². The number of rotatable bonds is 7. The Morgan fingerprint density at radius 2 is 2.26 bits per heavy atom. The van der Waals surface area contributed by atoms with Crippen LogP contribution in [-0.2, 0) is 13.1 Å². The first-order valence-corrected chi connectivity index (χ1v) is 8.55. The van der Waals surface area contributed by atoms with Crippen LogP contribution >= 0.6 is 11.3 Å². The molecule has 0 radical (unpaired) electrons. The van der Waals surface area contributed by atoms with Crippen LogP contribution < -0.4 is 5.32 Å². The molecule has 0 amide bonds. The van der Waals surface area contributed by atoms with E-state index in [4.69, 9.17) is 0 Å². The quantitative estimate of drug-likeness (QED) is 0.765. The highest BCUT2D eigenvalue weighted by molar-refractivity contribution is 7.12. The third-order valence-corrected chi connectivity index (χ3v) is 5.23. The van der Waals surface area contributed by atoms with Crippen LogP contribution in [0.3, 0.4) is 0 Å². The number of hydrogen-bond donors (Lipinski definition) is 1. The molecule has 0 saturated carbocycles. The summed E-state index contributed by atoms with van der Waals surface area (Å²) in [5.41, 5.74) is 1.55. The summed E-state index contributed by atoms with van der Waals surface area (Å²) in [6.45, 7) is 12.7. The van der Waals surface area contributed by atoms with Crippen molar-refractivity contribution in [2.45, 2.75) is 53.1 Å². The number of thiophene rings is 1. The summed E-state index contributed by atoms with van der Waals surface area (Å²) in [5.74, 6) is 0.935.